The van der Waals surface area contributed by atoms with Gasteiger partial charge in [0.15, 0.2) is 23.1 Å². The Bertz CT molecular complexity index is 849. The van der Waals surface area contributed by atoms with E-state index >= 15 is 0 Å². The summed E-state index contributed by atoms with van der Waals surface area (Å²) >= 11 is 0. The van der Waals surface area contributed by atoms with Crippen molar-refractivity contribution in [2.24, 2.45) is 0 Å². The molecule has 0 aliphatic carbocycles. The topological polar surface area (TPSA) is 63.2 Å². The Balaban J connectivity index is 2.25. The van der Waals surface area contributed by atoms with Crippen LogP contribution in [0.4, 0.5) is 4.39 Å². The number of hydrogen-bond donors (Lipinski definition) is 0. The Morgan fingerprint density at radius 3 is 1.97 bits per heavy atom. The third-order valence-electron chi connectivity index (χ3n) is 3.85. The lowest BCUT2D eigenvalue weighted by Gasteiger charge is -2.14. The van der Waals surface area contributed by atoms with Crippen LogP contribution < -0.4 is 14.2 Å². The van der Waals surface area contributed by atoms with E-state index in [0.29, 0.717) is 49.1 Å². The second-order valence-corrected chi connectivity index (χ2v) is 6.16. The third-order valence-corrected chi connectivity index (χ3v) is 3.85. The first-order valence-electron chi connectivity index (χ1n) is 9.01. The average molecular weight is 404 g/mol. The molecule has 156 valence electrons. The number of rotatable bonds is 11. The molecule has 7 heteroatoms. The molecule has 29 heavy (non-hydrogen) atoms. The van der Waals surface area contributed by atoms with Crippen LogP contribution in [-0.2, 0) is 14.3 Å². The molecule has 0 spiro atoms. The van der Waals surface area contributed by atoms with Crippen molar-refractivity contribution >= 4 is 5.97 Å². The van der Waals surface area contributed by atoms with Gasteiger partial charge in [-0.2, -0.15) is 0 Å². The van der Waals surface area contributed by atoms with E-state index in [1.54, 1.807) is 38.5 Å². The summed E-state index contributed by atoms with van der Waals surface area (Å²) in [5.41, 5.74) is 1.50. The summed E-state index contributed by atoms with van der Waals surface area (Å²) in [7, 11) is 3.18. The lowest BCUT2D eigenvalue weighted by molar-refractivity contribution is -0.130. The first kappa shape index (κ1) is 22.4. The van der Waals surface area contributed by atoms with Gasteiger partial charge in [0.2, 0.25) is 0 Å². The fourth-order valence-electron chi connectivity index (χ4n) is 2.34. The van der Waals surface area contributed by atoms with Gasteiger partial charge in [0.25, 0.3) is 0 Å². The van der Waals surface area contributed by atoms with Crippen molar-refractivity contribution in [3.63, 3.8) is 0 Å². The minimum Gasteiger partial charge on any atom is -0.487 e. The summed E-state index contributed by atoms with van der Waals surface area (Å²) in [6.07, 6.45) is 0. The van der Waals surface area contributed by atoms with Crippen LogP contribution in [0, 0.1) is 5.82 Å². The van der Waals surface area contributed by atoms with Crippen LogP contribution in [0.5, 0.6) is 17.2 Å². The molecule has 6 nitrogen and oxygen atoms in total. The van der Waals surface area contributed by atoms with Gasteiger partial charge in [-0.3, -0.25) is 0 Å². The minimum atomic E-state index is -0.678. The Morgan fingerprint density at radius 2 is 1.41 bits per heavy atom. The number of ether oxygens (including phenoxy) is 5. The standard InChI is InChI=1S/C22H25FO6/c1-15(2)22(24)29-19-7-5-16(13-18(19)23)17-6-8-20(27-11-9-25-3)21(14-17)28-12-10-26-4/h5-8,13-14H,1,9-12H2,2-4H3. The average Bonchev–Trinajstić information content (AvgIpc) is 2.70. The zero-order valence-electron chi connectivity index (χ0n) is 16.8. The molecule has 0 unspecified atom stereocenters. The second kappa shape index (κ2) is 11.2. The first-order valence-corrected chi connectivity index (χ1v) is 9.01. The Kier molecular flexibility index (Phi) is 8.64. The van der Waals surface area contributed by atoms with Gasteiger partial charge in [-0.1, -0.05) is 18.7 Å². The molecule has 2 aromatic rings. The van der Waals surface area contributed by atoms with E-state index in [1.807, 2.05) is 0 Å². The zero-order valence-corrected chi connectivity index (χ0v) is 16.8. The van der Waals surface area contributed by atoms with Crippen LogP contribution in [0.3, 0.4) is 0 Å². The maximum atomic E-state index is 14.4. The van der Waals surface area contributed by atoms with Crippen molar-refractivity contribution in [2.45, 2.75) is 6.92 Å². The number of benzene rings is 2. The molecule has 0 amide bonds. The Labute approximate surface area is 169 Å². The lowest BCUT2D eigenvalue weighted by atomic mass is 10.0. The predicted molar refractivity (Wildman–Crippen MR) is 107 cm³/mol. The van der Waals surface area contributed by atoms with Crippen molar-refractivity contribution in [3.05, 3.63) is 54.4 Å². The number of hydrogen-bond acceptors (Lipinski definition) is 6. The van der Waals surface area contributed by atoms with E-state index in [4.69, 9.17) is 23.7 Å². The Hall–Kier alpha value is -2.90. The van der Waals surface area contributed by atoms with E-state index < -0.39 is 11.8 Å². The fraction of sp³-hybridized carbons (Fsp3) is 0.318. The summed E-state index contributed by atoms with van der Waals surface area (Å²) < 4.78 is 40.8. The van der Waals surface area contributed by atoms with Crippen LogP contribution >= 0.6 is 0 Å². The number of esters is 1. The number of methoxy groups -OCH3 is 2. The van der Waals surface area contributed by atoms with E-state index in [2.05, 4.69) is 6.58 Å². The van der Waals surface area contributed by atoms with Gasteiger partial charge in [0, 0.05) is 19.8 Å². The molecule has 0 bridgehead atoms. The minimum absolute atomic E-state index is 0.155. The first-order chi connectivity index (χ1) is 14.0. The van der Waals surface area contributed by atoms with Gasteiger partial charge >= 0.3 is 5.97 Å². The van der Waals surface area contributed by atoms with Gasteiger partial charge < -0.3 is 23.7 Å². The quantitative estimate of drug-likeness (QED) is 0.244. The summed E-state index contributed by atoms with van der Waals surface area (Å²) in [6.45, 7) is 6.54. The molecule has 0 atom stereocenters. The summed E-state index contributed by atoms with van der Waals surface area (Å²) in [5, 5.41) is 0. The molecule has 2 rings (SSSR count). The highest BCUT2D eigenvalue weighted by atomic mass is 19.1. The van der Waals surface area contributed by atoms with Crippen LogP contribution in [0.15, 0.2) is 48.6 Å². The highest BCUT2D eigenvalue weighted by molar-refractivity contribution is 5.88. The van der Waals surface area contributed by atoms with Crippen molar-refractivity contribution in [1.29, 1.82) is 0 Å². The molecule has 0 saturated carbocycles. The molecule has 0 aliphatic heterocycles. The molecular weight excluding hydrogens is 379 g/mol. The number of carbonyl (C=O) groups is 1. The van der Waals surface area contributed by atoms with Gasteiger partial charge in [-0.25, -0.2) is 9.18 Å². The van der Waals surface area contributed by atoms with Crippen LogP contribution in [0.25, 0.3) is 11.1 Å². The van der Waals surface area contributed by atoms with Gasteiger partial charge in [-0.05, 0) is 42.3 Å². The lowest BCUT2D eigenvalue weighted by Crippen LogP contribution is -2.09. The smallest absolute Gasteiger partial charge is 0.338 e. The van der Waals surface area contributed by atoms with Crippen molar-refractivity contribution in [1.82, 2.24) is 0 Å². The Morgan fingerprint density at radius 1 is 0.862 bits per heavy atom. The molecule has 0 N–H and O–H groups in total. The molecule has 2 aromatic carbocycles. The molecule has 0 aromatic heterocycles. The summed E-state index contributed by atoms with van der Waals surface area (Å²) in [6, 6.07) is 9.65. The summed E-state index contributed by atoms with van der Waals surface area (Å²) in [5.74, 6) is -0.427. The molecule has 0 heterocycles. The highest BCUT2D eigenvalue weighted by Gasteiger charge is 2.13. The maximum absolute atomic E-state index is 14.4. The number of carbonyl (C=O) groups excluding carboxylic acids is 1. The molecule has 0 radical (unpaired) electrons. The normalized spacial score (nSPS) is 10.5. The molecule has 0 saturated heterocycles. The molecule has 0 fully saturated rings. The van der Waals surface area contributed by atoms with E-state index in [1.165, 1.54) is 19.1 Å². The third kappa shape index (κ3) is 6.58. The van der Waals surface area contributed by atoms with Gasteiger partial charge in [0.05, 0.1) is 13.2 Å². The largest absolute Gasteiger partial charge is 0.487 e. The SMILES string of the molecule is C=C(C)C(=O)Oc1ccc(-c2ccc(OCCOC)c(OCCOC)c2)cc1F. The van der Waals surface area contributed by atoms with E-state index in [-0.39, 0.29) is 11.3 Å². The van der Waals surface area contributed by atoms with Gasteiger partial charge in [-0.15, -0.1) is 0 Å². The summed E-state index contributed by atoms with van der Waals surface area (Å²) in [4.78, 5) is 11.6. The van der Waals surface area contributed by atoms with Gasteiger partial charge in [0.1, 0.15) is 13.2 Å². The van der Waals surface area contributed by atoms with Crippen LogP contribution in [0.1, 0.15) is 6.92 Å². The fourth-order valence-corrected chi connectivity index (χ4v) is 2.34. The van der Waals surface area contributed by atoms with Crippen molar-refractivity contribution < 1.29 is 32.9 Å². The zero-order chi connectivity index (χ0) is 21.2. The predicted octanol–water partition coefficient (Wildman–Crippen LogP) is 4.02. The highest BCUT2D eigenvalue weighted by Crippen LogP contribution is 2.34. The van der Waals surface area contributed by atoms with E-state index in [9.17, 15) is 9.18 Å². The molecular formula is C22H25FO6. The maximum Gasteiger partial charge on any atom is 0.338 e. The monoisotopic (exact) mass is 404 g/mol. The number of halogens is 1. The second-order valence-electron chi connectivity index (χ2n) is 6.16. The van der Waals surface area contributed by atoms with E-state index in [0.717, 1.165) is 0 Å². The molecule has 0 aliphatic rings. The van der Waals surface area contributed by atoms with Crippen molar-refractivity contribution in [2.75, 3.05) is 40.6 Å². The van der Waals surface area contributed by atoms with Crippen LogP contribution in [0.2, 0.25) is 0 Å². The van der Waals surface area contributed by atoms with Crippen molar-refractivity contribution in [3.8, 4) is 28.4 Å². The van der Waals surface area contributed by atoms with Crippen LogP contribution in [-0.4, -0.2) is 46.6 Å².